The van der Waals surface area contributed by atoms with Crippen molar-refractivity contribution >= 4 is 29.5 Å². The maximum absolute atomic E-state index is 12.6. The number of carboxylic acid groups (broad SMARTS) is 3. The minimum absolute atomic E-state index is 0.112. The lowest BCUT2D eigenvalue weighted by Gasteiger charge is -2.22. The molecule has 3 rings (SSSR count). The van der Waals surface area contributed by atoms with E-state index < -0.39 is 17.9 Å². The predicted molar refractivity (Wildman–Crippen MR) is 134 cm³/mol. The molecule has 0 saturated heterocycles. The molecule has 0 bridgehead atoms. The molecule has 0 fully saturated rings. The van der Waals surface area contributed by atoms with Gasteiger partial charge in [0.25, 0.3) is 0 Å². The fourth-order valence-corrected chi connectivity index (χ4v) is 3.23. The number of hydrogen-bond acceptors (Lipinski definition) is 5. The van der Waals surface area contributed by atoms with Gasteiger partial charge in [-0.3, -0.25) is 9.69 Å². The van der Waals surface area contributed by atoms with Gasteiger partial charge in [-0.05, 0) is 48.2 Å². The number of carbonyl (C=O) groups is 4. The number of aliphatic carboxylic acids is 2. The largest absolute Gasteiger partial charge is 0.478 e. The Morgan fingerprint density at radius 1 is 0.639 bits per heavy atom. The van der Waals surface area contributed by atoms with Crippen molar-refractivity contribution in [2.24, 2.45) is 0 Å². The van der Waals surface area contributed by atoms with E-state index in [2.05, 4.69) is 34.5 Å². The summed E-state index contributed by atoms with van der Waals surface area (Å²) < 4.78 is 0. The lowest BCUT2D eigenvalue weighted by atomic mass is 10.1. The molecular formula is C27H28N2O7. The number of carbonyl (C=O) groups excluding carboxylic acids is 1. The molecular weight excluding hydrogens is 464 g/mol. The Hall–Kier alpha value is -4.50. The molecule has 4 N–H and O–H groups in total. The van der Waals surface area contributed by atoms with E-state index in [1.165, 1.54) is 23.3 Å². The number of hydrogen-bond donors (Lipinski definition) is 4. The van der Waals surface area contributed by atoms with Crippen molar-refractivity contribution in [3.63, 3.8) is 0 Å². The first kappa shape index (κ1) is 27.7. The van der Waals surface area contributed by atoms with Gasteiger partial charge in [0, 0.05) is 18.8 Å². The fraction of sp³-hybridized carbons (Fsp3) is 0.185. The minimum atomic E-state index is -1.82. The maximum Gasteiger partial charge on any atom is 0.414 e. The number of amides is 1. The second-order valence-corrected chi connectivity index (χ2v) is 7.79. The van der Waals surface area contributed by atoms with Crippen molar-refractivity contribution in [2.75, 3.05) is 25.0 Å². The van der Waals surface area contributed by atoms with Crippen molar-refractivity contribution in [2.45, 2.75) is 12.8 Å². The number of rotatable bonds is 10. The third-order valence-electron chi connectivity index (χ3n) is 5.08. The monoisotopic (exact) mass is 492 g/mol. The van der Waals surface area contributed by atoms with E-state index in [9.17, 15) is 9.59 Å². The molecule has 36 heavy (non-hydrogen) atoms. The van der Waals surface area contributed by atoms with Crippen LogP contribution >= 0.6 is 0 Å². The van der Waals surface area contributed by atoms with Gasteiger partial charge >= 0.3 is 17.9 Å². The summed E-state index contributed by atoms with van der Waals surface area (Å²) in [6, 6.07) is 26.7. The summed E-state index contributed by atoms with van der Waals surface area (Å²) in [5, 5.41) is 26.6. The Labute approximate surface area is 208 Å². The SMILES string of the molecule is O=C(CN(CCc1ccccc1)CCc1ccccc1)Nc1ccc(C(=O)O)cc1.O=C(O)C(=O)O. The van der Waals surface area contributed by atoms with Crippen LogP contribution < -0.4 is 5.32 Å². The van der Waals surface area contributed by atoms with Gasteiger partial charge in [0.05, 0.1) is 12.1 Å². The average Bonchev–Trinajstić information content (AvgIpc) is 2.87. The molecule has 0 atom stereocenters. The zero-order chi connectivity index (χ0) is 26.3. The molecule has 0 heterocycles. The van der Waals surface area contributed by atoms with Crippen LogP contribution in [0.2, 0.25) is 0 Å². The Morgan fingerprint density at radius 3 is 1.47 bits per heavy atom. The van der Waals surface area contributed by atoms with Gasteiger partial charge in [-0.2, -0.15) is 0 Å². The summed E-state index contributed by atoms with van der Waals surface area (Å²) in [6.45, 7) is 1.84. The predicted octanol–water partition coefficient (Wildman–Crippen LogP) is 3.27. The zero-order valence-electron chi connectivity index (χ0n) is 19.5. The van der Waals surface area contributed by atoms with E-state index >= 15 is 0 Å². The lowest BCUT2D eigenvalue weighted by Crippen LogP contribution is -2.36. The van der Waals surface area contributed by atoms with Gasteiger partial charge in [-0.15, -0.1) is 0 Å². The van der Waals surface area contributed by atoms with Crippen molar-refractivity contribution in [1.82, 2.24) is 4.90 Å². The van der Waals surface area contributed by atoms with E-state index in [0.29, 0.717) is 5.69 Å². The summed E-state index contributed by atoms with van der Waals surface area (Å²) in [7, 11) is 0. The Balaban J connectivity index is 0.000000678. The topological polar surface area (TPSA) is 144 Å². The van der Waals surface area contributed by atoms with Gasteiger partial charge in [-0.25, -0.2) is 14.4 Å². The fourth-order valence-electron chi connectivity index (χ4n) is 3.23. The van der Waals surface area contributed by atoms with Crippen LogP contribution in [0.25, 0.3) is 0 Å². The Morgan fingerprint density at radius 2 is 1.08 bits per heavy atom. The molecule has 0 aliphatic heterocycles. The maximum atomic E-state index is 12.6. The molecule has 1 amide bonds. The molecule has 3 aromatic rings. The van der Waals surface area contributed by atoms with E-state index in [0.717, 1.165) is 25.9 Å². The summed E-state index contributed by atoms with van der Waals surface area (Å²) in [5.74, 6) is -4.75. The van der Waals surface area contributed by atoms with Gasteiger partial charge in [0.15, 0.2) is 0 Å². The van der Waals surface area contributed by atoms with Crippen LogP contribution in [0.4, 0.5) is 5.69 Å². The number of benzene rings is 3. The number of nitrogens with zero attached hydrogens (tertiary/aromatic N) is 1. The second kappa shape index (κ2) is 14.7. The highest BCUT2D eigenvalue weighted by molar-refractivity contribution is 6.27. The summed E-state index contributed by atoms with van der Waals surface area (Å²) in [6.07, 6.45) is 1.74. The third-order valence-corrected chi connectivity index (χ3v) is 5.08. The molecule has 0 saturated carbocycles. The zero-order valence-corrected chi connectivity index (χ0v) is 19.5. The molecule has 0 aliphatic rings. The normalized spacial score (nSPS) is 10.1. The van der Waals surface area contributed by atoms with Crippen LogP contribution in [0.1, 0.15) is 21.5 Å². The smallest absolute Gasteiger partial charge is 0.414 e. The Kier molecular flexibility index (Phi) is 11.3. The number of carboxylic acids is 3. The van der Waals surface area contributed by atoms with Crippen LogP contribution in [0.3, 0.4) is 0 Å². The molecule has 0 aromatic heterocycles. The van der Waals surface area contributed by atoms with E-state index in [4.69, 9.17) is 24.9 Å². The first-order valence-electron chi connectivity index (χ1n) is 11.1. The summed E-state index contributed by atoms with van der Waals surface area (Å²) in [5.41, 5.74) is 3.27. The van der Waals surface area contributed by atoms with E-state index in [1.54, 1.807) is 12.1 Å². The average molecular weight is 493 g/mol. The minimum Gasteiger partial charge on any atom is -0.478 e. The molecule has 0 aliphatic carbocycles. The molecule has 0 radical (unpaired) electrons. The van der Waals surface area contributed by atoms with Gasteiger partial charge < -0.3 is 20.6 Å². The number of nitrogens with one attached hydrogen (secondary N) is 1. The van der Waals surface area contributed by atoms with Gasteiger partial charge in [-0.1, -0.05) is 60.7 Å². The van der Waals surface area contributed by atoms with Crippen molar-refractivity contribution < 1.29 is 34.5 Å². The highest BCUT2D eigenvalue weighted by atomic mass is 16.4. The van der Waals surface area contributed by atoms with Crippen molar-refractivity contribution in [1.29, 1.82) is 0 Å². The van der Waals surface area contributed by atoms with Crippen LogP contribution in [0.5, 0.6) is 0 Å². The lowest BCUT2D eigenvalue weighted by molar-refractivity contribution is -0.159. The highest BCUT2D eigenvalue weighted by Crippen LogP contribution is 2.10. The van der Waals surface area contributed by atoms with E-state index in [-0.39, 0.29) is 18.0 Å². The second-order valence-electron chi connectivity index (χ2n) is 7.79. The summed E-state index contributed by atoms with van der Waals surface area (Å²) in [4.78, 5) is 43.9. The van der Waals surface area contributed by atoms with Crippen LogP contribution in [-0.4, -0.2) is 63.7 Å². The van der Waals surface area contributed by atoms with Crippen LogP contribution in [0, 0.1) is 0 Å². The molecule has 188 valence electrons. The van der Waals surface area contributed by atoms with Crippen molar-refractivity contribution in [3.05, 3.63) is 102 Å². The molecule has 9 heteroatoms. The first-order chi connectivity index (χ1) is 17.2. The summed E-state index contributed by atoms with van der Waals surface area (Å²) >= 11 is 0. The van der Waals surface area contributed by atoms with Crippen LogP contribution in [-0.2, 0) is 27.2 Å². The molecule has 3 aromatic carbocycles. The number of anilines is 1. The standard InChI is InChI=1S/C25H26N2O3.C2H2O4/c28-24(26-23-13-11-22(12-14-23)25(29)30)19-27(17-15-20-7-3-1-4-8-20)18-16-21-9-5-2-6-10-21;3-1(4)2(5)6/h1-14H,15-19H2,(H,26,28)(H,29,30);(H,3,4)(H,5,6). The van der Waals surface area contributed by atoms with Crippen LogP contribution in [0.15, 0.2) is 84.9 Å². The van der Waals surface area contributed by atoms with Gasteiger partial charge in [0.2, 0.25) is 5.91 Å². The highest BCUT2D eigenvalue weighted by Gasteiger charge is 2.12. The molecule has 0 unspecified atom stereocenters. The third kappa shape index (κ3) is 10.6. The molecule has 0 spiro atoms. The van der Waals surface area contributed by atoms with Gasteiger partial charge in [0.1, 0.15) is 0 Å². The molecule has 9 nitrogen and oxygen atoms in total. The first-order valence-corrected chi connectivity index (χ1v) is 11.1. The van der Waals surface area contributed by atoms with Crippen molar-refractivity contribution in [3.8, 4) is 0 Å². The Bertz CT molecular complexity index is 1080. The van der Waals surface area contributed by atoms with E-state index in [1.807, 2.05) is 36.4 Å². The number of aromatic carboxylic acids is 1. The quantitative estimate of drug-likeness (QED) is 0.316.